The summed E-state index contributed by atoms with van der Waals surface area (Å²) in [6.07, 6.45) is 2.18. The van der Waals surface area contributed by atoms with Crippen LogP contribution in [0.4, 0.5) is 0 Å². The van der Waals surface area contributed by atoms with Gasteiger partial charge in [-0.3, -0.25) is 0 Å². The zero-order valence-electron chi connectivity index (χ0n) is 9.10. The van der Waals surface area contributed by atoms with E-state index in [9.17, 15) is 5.11 Å². The normalized spacial score (nSPS) is 25.8. The van der Waals surface area contributed by atoms with E-state index in [1.54, 1.807) is 6.07 Å². The van der Waals surface area contributed by atoms with Crippen molar-refractivity contribution in [2.24, 2.45) is 0 Å². The molecule has 1 aromatic carbocycles. The number of rotatable bonds is 1. The predicted octanol–water partition coefficient (Wildman–Crippen LogP) is 2.95. The molecule has 1 heterocycles. The van der Waals surface area contributed by atoms with Gasteiger partial charge >= 0.3 is 0 Å². The van der Waals surface area contributed by atoms with E-state index in [1.165, 1.54) is 0 Å². The van der Waals surface area contributed by atoms with Gasteiger partial charge < -0.3 is 10.4 Å². The average Bonchev–Trinajstić information content (AvgIpc) is 2.60. The van der Waals surface area contributed by atoms with Crippen LogP contribution in [0.5, 0.6) is 5.75 Å². The minimum absolute atomic E-state index is 0.124. The SMILES string of the molecule is Cc1cc(O)c(C2(C)CCCN2)cc1Cl. The predicted molar refractivity (Wildman–Crippen MR) is 62.4 cm³/mol. The molecule has 1 aliphatic heterocycles. The topological polar surface area (TPSA) is 32.3 Å². The minimum Gasteiger partial charge on any atom is -0.508 e. The fraction of sp³-hybridized carbons (Fsp3) is 0.500. The number of aryl methyl sites for hydroxylation is 1. The highest BCUT2D eigenvalue weighted by Gasteiger charge is 2.32. The van der Waals surface area contributed by atoms with Gasteiger partial charge in [0.2, 0.25) is 0 Å². The molecule has 3 heteroatoms. The van der Waals surface area contributed by atoms with Crippen molar-refractivity contribution in [3.8, 4) is 5.75 Å². The minimum atomic E-state index is -0.124. The van der Waals surface area contributed by atoms with Gasteiger partial charge in [-0.15, -0.1) is 0 Å². The van der Waals surface area contributed by atoms with Gasteiger partial charge in [-0.2, -0.15) is 0 Å². The Morgan fingerprint density at radius 3 is 2.80 bits per heavy atom. The molecule has 0 radical (unpaired) electrons. The van der Waals surface area contributed by atoms with E-state index in [-0.39, 0.29) is 5.54 Å². The summed E-state index contributed by atoms with van der Waals surface area (Å²) in [5.74, 6) is 0.341. The van der Waals surface area contributed by atoms with Gasteiger partial charge in [0.15, 0.2) is 0 Å². The van der Waals surface area contributed by atoms with Crippen LogP contribution in [0, 0.1) is 6.92 Å². The van der Waals surface area contributed by atoms with Gasteiger partial charge in [0, 0.05) is 16.1 Å². The molecule has 2 nitrogen and oxygen atoms in total. The molecule has 2 rings (SSSR count). The lowest BCUT2D eigenvalue weighted by Gasteiger charge is -2.26. The van der Waals surface area contributed by atoms with Crippen LogP contribution in [-0.2, 0) is 5.54 Å². The lowest BCUT2D eigenvalue weighted by molar-refractivity contribution is 0.394. The van der Waals surface area contributed by atoms with E-state index in [0.717, 1.165) is 35.5 Å². The first-order valence-electron chi connectivity index (χ1n) is 5.27. The maximum Gasteiger partial charge on any atom is 0.120 e. The zero-order valence-corrected chi connectivity index (χ0v) is 9.86. The molecule has 1 unspecified atom stereocenters. The Labute approximate surface area is 95.3 Å². The third kappa shape index (κ3) is 1.84. The largest absolute Gasteiger partial charge is 0.508 e. The number of aromatic hydroxyl groups is 1. The number of hydrogen-bond acceptors (Lipinski definition) is 2. The van der Waals surface area contributed by atoms with Crippen LogP contribution in [0.1, 0.15) is 30.9 Å². The molecule has 2 N–H and O–H groups in total. The van der Waals surface area contributed by atoms with Gasteiger partial charge in [-0.1, -0.05) is 11.6 Å². The second kappa shape index (κ2) is 3.69. The van der Waals surface area contributed by atoms with Crippen LogP contribution in [0.3, 0.4) is 0 Å². The summed E-state index contributed by atoms with van der Waals surface area (Å²) in [7, 11) is 0. The van der Waals surface area contributed by atoms with Crippen molar-refractivity contribution in [2.75, 3.05) is 6.54 Å². The van der Waals surface area contributed by atoms with E-state index in [1.807, 2.05) is 13.0 Å². The number of phenolic OH excluding ortho intramolecular Hbond substituents is 1. The monoisotopic (exact) mass is 225 g/mol. The summed E-state index contributed by atoms with van der Waals surface area (Å²) in [5, 5.41) is 14.1. The van der Waals surface area contributed by atoms with Crippen molar-refractivity contribution in [3.63, 3.8) is 0 Å². The van der Waals surface area contributed by atoms with Crippen molar-refractivity contribution in [1.29, 1.82) is 0 Å². The second-order valence-electron chi connectivity index (χ2n) is 4.48. The van der Waals surface area contributed by atoms with Gasteiger partial charge in [0.1, 0.15) is 5.75 Å². The van der Waals surface area contributed by atoms with E-state index in [4.69, 9.17) is 11.6 Å². The third-order valence-electron chi connectivity index (χ3n) is 3.24. The Kier molecular flexibility index (Phi) is 2.65. The molecule has 1 atom stereocenters. The van der Waals surface area contributed by atoms with Crippen molar-refractivity contribution >= 4 is 11.6 Å². The molecule has 0 saturated carbocycles. The van der Waals surface area contributed by atoms with Gasteiger partial charge in [-0.25, -0.2) is 0 Å². The zero-order chi connectivity index (χ0) is 11.1. The second-order valence-corrected chi connectivity index (χ2v) is 4.89. The number of hydrogen-bond donors (Lipinski definition) is 2. The molecule has 0 aromatic heterocycles. The number of halogens is 1. The molecule has 0 amide bonds. The quantitative estimate of drug-likeness (QED) is 0.770. The Hall–Kier alpha value is -0.730. The Morgan fingerprint density at radius 2 is 2.20 bits per heavy atom. The summed E-state index contributed by atoms with van der Waals surface area (Å²) in [4.78, 5) is 0. The summed E-state index contributed by atoms with van der Waals surface area (Å²) in [5.41, 5.74) is 1.71. The highest BCUT2D eigenvalue weighted by atomic mass is 35.5. The third-order valence-corrected chi connectivity index (χ3v) is 3.65. The van der Waals surface area contributed by atoms with Crippen LogP contribution in [-0.4, -0.2) is 11.7 Å². The van der Waals surface area contributed by atoms with E-state index in [2.05, 4.69) is 12.2 Å². The fourth-order valence-electron chi connectivity index (χ4n) is 2.23. The summed E-state index contributed by atoms with van der Waals surface area (Å²) >= 11 is 6.09. The van der Waals surface area contributed by atoms with E-state index >= 15 is 0 Å². The van der Waals surface area contributed by atoms with E-state index in [0.29, 0.717) is 5.75 Å². The maximum atomic E-state index is 9.94. The van der Waals surface area contributed by atoms with Crippen molar-refractivity contribution in [1.82, 2.24) is 5.32 Å². The average molecular weight is 226 g/mol. The van der Waals surface area contributed by atoms with Crippen LogP contribution >= 0.6 is 11.6 Å². The molecule has 0 aliphatic carbocycles. The van der Waals surface area contributed by atoms with Gasteiger partial charge in [0.05, 0.1) is 0 Å². The highest BCUT2D eigenvalue weighted by molar-refractivity contribution is 6.31. The molecular weight excluding hydrogens is 210 g/mol. The molecule has 1 saturated heterocycles. The Bertz CT molecular complexity index is 383. The summed E-state index contributed by atoms with van der Waals surface area (Å²) in [6.45, 7) is 5.01. The first-order chi connectivity index (χ1) is 7.03. The van der Waals surface area contributed by atoms with Crippen LogP contribution in [0.25, 0.3) is 0 Å². The number of benzene rings is 1. The van der Waals surface area contributed by atoms with Gasteiger partial charge in [-0.05, 0) is 50.9 Å². The first kappa shape index (κ1) is 10.8. The Morgan fingerprint density at radius 1 is 1.47 bits per heavy atom. The van der Waals surface area contributed by atoms with Gasteiger partial charge in [0.25, 0.3) is 0 Å². The molecule has 1 aromatic rings. The van der Waals surface area contributed by atoms with Crippen LogP contribution < -0.4 is 5.32 Å². The van der Waals surface area contributed by atoms with E-state index < -0.39 is 0 Å². The smallest absolute Gasteiger partial charge is 0.120 e. The summed E-state index contributed by atoms with van der Waals surface area (Å²) < 4.78 is 0. The van der Waals surface area contributed by atoms with Crippen molar-refractivity contribution < 1.29 is 5.11 Å². The fourth-order valence-corrected chi connectivity index (χ4v) is 2.40. The lowest BCUT2D eigenvalue weighted by Crippen LogP contribution is -2.33. The highest BCUT2D eigenvalue weighted by Crippen LogP contribution is 2.38. The van der Waals surface area contributed by atoms with Crippen molar-refractivity contribution in [3.05, 3.63) is 28.3 Å². The number of nitrogens with one attached hydrogen (secondary N) is 1. The summed E-state index contributed by atoms with van der Waals surface area (Å²) in [6, 6.07) is 3.62. The first-order valence-corrected chi connectivity index (χ1v) is 5.65. The molecular formula is C12H16ClNO. The van der Waals surface area contributed by atoms with Crippen LogP contribution in [0.15, 0.2) is 12.1 Å². The lowest BCUT2D eigenvalue weighted by atomic mass is 9.89. The Balaban J connectivity index is 2.48. The molecule has 15 heavy (non-hydrogen) atoms. The molecule has 1 fully saturated rings. The van der Waals surface area contributed by atoms with Crippen LogP contribution in [0.2, 0.25) is 5.02 Å². The maximum absolute atomic E-state index is 9.94. The molecule has 0 spiro atoms. The standard InChI is InChI=1S/C12H16ClNO/c1-8-6-11(15)9(7-10(8)13)12(2)4-3-5-14-12/h6-7,14-15H,3-5H2,1-2H3. The molecule has 82 valence electrons. The number of phenols is 1. The van der Waals surface area contributed by atoms with Crippen molar-refractivity contribution in [2.45, 2.75) is 32.2 Å². The molecule has 0 bridgehead atoms. The molecule has 1 aliphatic rings.